The Hall–Kier alpha value is -2.73. The van der Waals surface area contributed by atoms with E-state index in [0.29, 0.717) is 28.9 Å². The molecule has 4 rings (SSSR count). The number of halogens is 1. The molecule has 3 N–H and O–H groups in total. The zero-order valence-corrected chi connectivity index (χ0v) is 15.6. The zero-order valence-electron chi connectivity index (χ0n) is 15.6. The van der Waals surface area contributed by atoms with Crippen molar-refractivity contribution in [1.29, 1.82) is 0 Å². The molecule has 2 amide bonds. The molecule has 2 aromatic carbocycles. The van der Waals surface area contributed by atoms with Gasteiger partial charge in [-0.3, -0.25) is 9.59 Å². The van der Waals surface area contributed by atoms with Crippen LogP contribution in [0, 0.1) is 11.7 Å². The molecule has 1 heterocycles. The number of amides is 2. The van der Waals surface area contributed by atoms with Gasteiger partial charge < -0.3 is 16.0 Å². The van der Waals surface area contributed by atoms with Gasteiger partial charge in [0.1, 0.15) is 5.82 Å². The lowest BCUT2D eigenvalue weighted by molar-refractivity contribution is -0.117. The van der Waals surface area contributed by atoms with Crippen LogP contribution in [-0.4, -0.2) is 23.9 Å². The summed E-state index contributed by atoms with van der Waals surface area (Å²) in [6.07, 6.45) is 5.68. The van der Waals surface area contributed by atoms with Crippen LogP contribution < -0.4 is 16.0 Å². The minimum Gasteiger partial charge on any atom is -0.325 e. The Labute approximate surface area is 163 Å². The summed E-state index contributed by atoms with van der Waals surface area (Å²) in [6, 6.07) is 12.8. The molecule has 1 aliphatic carbocycles. The summed E-state index contributed by atoms with van der Waals surface area (Å²) in [5.74, 6) is -0.236. The van der Waals surface area contributed by atoms with Gasteiger partial charge in [0.05, 0.1) is 6.04 Å². The van der Waals surface area contributed by atoms with E-state index >= 15 is 0 Å². The van der Waals surface area contributed by atoms with Crippen LogP contribution in [0.25, 0.3) is 0 Å². The van der Waals surface area contributed by atoms with Gasteiger partial charge in [-0.2, -0.15) is 0 Å². The number of rotatable bonds is 4. The van der Waals surface area contributed by atoms with Crippen molar-refractivity contribution >= 4 is 23.2 Å². The topological polar surface area (TPSA) is 70.2 Å². The van der Waals surface area contributed by atoms with E-state index in [1.165, 1.54) is 37.5 Å². The Morgan fingerprint density at radius 1 is 0.964 bits per heavy atom. The SMILES string of the molecule is O=C(Nc1cccc(F)c1)c1cccc(NC(=O)C2CC3CCCCC3N2)c1. The molecule has 0 bridgehead atoms. The number of benzene rings is 2. The van der Waals surface area contributed by atoms with Gasteiger partial charge in [-0.15, -0.1) is 0 Å². The Balaban J connectivity index is 1.39. The Morgan fingerprint density at radius 3 is 2.50 bits per heavy atom. The second-order valence-electron chi connectivity index (χ2n) is 7.64. The van der Waals surface area contributed by atoms with Crippen LogP contribution in [-0.2, 0) is 4.79 Å². The standard InChI is InChI=1S/C22H24FN3O2/c23-16-7-4-9-18(13-16)24-21(27)15-6-3-8-17(11-15)25-22(28)20-12-14-5-1-2-10-19(14)26-20/h3-4,6-9,11,13-14,19-20,26H,1-2,5,10,12H2,(H,24,27)(H,25,28). The van der Waals surface area contributed by atoms with Crippen molar-refractivity contribution in [2.24, 2.45) is 5.92 Å². The van der Waals surface area contributed by atoms with Gasteiger partial charge in [0.2, 0.25) is 5.91 Å². The molecule has 1 aliphatic heterocycles. The van der Waals surface area contributed by atoms with Gasteiger partial charge in [0.25, 0.3) is 5.91 Å². The van der Waals surface area contributed by atoms with E-state index in [9.17, 15) is 14.0 Å². The molecule has 2 fully saturated rings. The highest BCUT2D eigenvalue weighted by molar-refractivity contribution is 6.05. The molecule has 146 valence electrons. The molecule has 1 saturated carbocycles. The second-order valence-corrected chi connectivity index (χ2v) is 7.64. The third-order valence-electron chi connectivity index (χ3n) is 5.65. The lowest BCUT2D eigenvalue weighted by atomic mass is 9.85. The summed E-state index contributed by atoms with van der Waals surface area (Å²) in [5.41, 5.74) is 1.36. The van der Waals surface area contributed by atoms with Gasteiger partial charge in [-0.1, -0.05) is 25.0 Å². The molecule has 1 saturated heterocycles. The summed E-state index contributed by atoms with van der Waals surface area (Å²) >= 11 is 0. The highest BCUT2D eigenvalue weighted by atomic mass is 19.1. The minimum absolute atomic E-state index is 0.0583. The minimum atomic E-state index is -0.413. The van der Waals surface area contributed by atoms with Crippen LogP contribution >= 0.6 is 0 Å². The van der Waals surface area contributed by atoms with E-state index < -0.39 is 5.82 Å². The van der Waals surface area contributed by atoms with Crippen LogP contribution in [0.4, 0.5) is 15.8 Å². The largest absolute Gasteiger partial charge is 0.325 e. The summed E-state index contributed by atoms with van der Waals surface area (Å²) in [7, 11) is 0. The maximum atomic E-state index is 13.3. The Morgan fingerprint density at radius 2 is 1.71 bits per heavy atom. The van der Waals surface area contributed by atoms with Gasteiger partial charge >= 0.3 is 0 Å². The summed E-state index contributed by atoms with van der Waals surface area (Å²) < 4.78 is 13.3. The van der Waals surface area contributed by atoms with Crippen molar-refractivity contribution in [1.82, 2.24) is 5.32 Å². The molecule has 28 heavy (non-hydrogen) atoms. The summed E-state index contributed by atoms with van der Waals surface area (Å²) in [4.78, 5) is 25.1. The van der Waals surface area contributed by atoms with Crippen molar-refractivity contribution in [3.05, 3.63) is 59.9 Å². The Kier molecular flexibility index (Phi) is 5.39. The van der Waals surface area contributed by atoms with Gasteiger partial charge in [0, 0.05) is 23.0 Å². The van der Waals surface area contributed by atoms with Crippen LogP contribution in [0.2, 0.25) is 0 Å². The lowest BCUT2D eigenvalue weighted by Crippen LogP contribution is -2.39. The number of hydrogen-bond donors (Lipinski definition) is 3. The number of nitrogens with one attached hydrogen (secondary N) is 3. The molecule has 0 spiro atoms. The number of hydrogen-bond acceptors (Lipinski definition) is 3. The third-order valence-corrected chi connectivity index (χ3v) is 5.65. The summed E-state index contributed by atoms with van der Waals surface area (Å²) in [5, 5.41) is 9.05. The third kappa shape index (κ3) is 4.22. The van der Waals surface area contributed by atoms with Gasteiger partial charge in [0.15, 0.2) is 0 Å². The van der Waals surface area contributed by atoms with Crippen molar-refractivity contribution in [2.45, 2.75) is 44.2 Å². The predicted octanol–water partition coefficient (Wildman–Crippen LogP) is 3.94. The van der Waals surface area contributed by atoms with Crippen LogP contribution in [0.15, 0.2) is 48.5 Å². The van der Waals surface area contributed by atoms with Crippen LogP contribution in [0.1, 0.15) is 42.5 Å². The molecule has 0 aromatic heterocycles. The van der Waals surface area contributed by atoms with E-state index in [2.05, 4.69) is 16.0 Å². The van der Waals surface area contributed by atoms with Gasteiger partial charge in [-0.05, 0) is 61.6 Å². The monoisotopic (exact) mass is 381 g/mol. The highest BCUT2D eigenvalue weighted by Gasteiger charge is 2.38. The van der Waals surface area contributed by atoms with Crippen molar-refractivity contribution < 1.29 is 14.0 Å². The maximum Gasteiger partial charge on any atom is 0.255 e. The first kappa shape index (κ1) is 18.6. The van der Waals surface area contributed by atoms with Gasteiger partial charge in [-0.25, -0.2) is 4.39 Å². The lowest BCUT2D eigenvalue weighted by Gasteiger charge is -2.24. The number of carbonyl (C=O) groups excluding carboxylic acids is 2. The fourth-order valence-corrected chi connectivity index (χ4v) is 4.26. The molecule has 0 radical (unpaired) electrons. The fraction of sp³-hybridized carbons (Fsp3) is 0.364. The molecule has 3 atom stereocenters. The smallest absolute Gasteiger partial charge is 0.255 e. The first-order valence-corrected chi connectivity index (χ1v) is 9.82. The van der Waals surface area contributed by atoms with E-state index in [0.717, 1.165) is 12.8 Å². The molecular weight excluding hydrogens is 357 g/mol. The molecule has 6 heteroatoms. The molecule has 5 nitrogen and oxygen atoms in total. The van der Waals surface area contributed by atoms with E-state index in [4.69, 9.17) is 0 Å². The number of anilines is 2. The maximum absolute atomic E-state index is 13.3. The average Bonchev–Trinajstić information content (AvgIpc) is 3.13. The quantitative estimate of drug-likeness (QED) is 0.751. The van der Waals surface area contributed by atoms with Crippen LogP contribution in [0.3, 0.4) is 0 Å². The predicted molar refractivity (Wildman–Crippen MR) is 107 cm³/mol. The summed E-state index contributed by atoms with van der Waals surface area (Å²) in [6.45, 7) is 0. The van der Waals surface area contributed by atoms with Crippen molar-refractivity contribution in [3.63, 3.8) is 0 Å². The highest BCUT2D eigenvalue weighted by Crippen LogP contribution is 2.33. The van der Waals surface area contributed by atoms with E-state index in [-0.39, 0.29) is 17.9 Å². The first-order valence-electron chi connectivity index (χ1n) is 9.82. The molecule has 2 aliphatic rings. The van der Waals surface area contributed by atoms with Crippen LogP contribution in [0.5, 0.6) is 0 Å². The molecule has 3 unspecified atom stereocenters. The van der Waals surface area contributed by atoms with E-state index in [1.54, 1.807) is 30.3 Å². The normalized spacial score (nSPS) is 23.7. The van der Waals surface area contributed by atoms with Crippen molar-refractivity contribution in [2.75, 3.05) is 10.6 Å². The number of fused-ring (bicyclic) bond motifs is 1. The first-order chi connectivity index (χ1) is 13.6. The Bertz CT molecular complexity index is 872. The fourth-order valence-electron chi connectivity index (χ4n) is 4.26. The average molecular weight is 381 g/mol. The number of carbonyl (C=O) groups is 2. The van der Waals surface area contributed by atoms with E-state index in [1.807, 2.05) is 0 Å². The second kappa shape index (κ2) is 8.10. The zero-order chi connectivity index (χ0) is 19.5. The molecular formula is C22H24FN3O2. The van der Waals surface area contributed by atoms with Crippen molar-refractivity contribution in [3.8, 4) is 0 Å². The molecule has 2 aromatic rings.